The number of aliphatic hydroxyl groups excluding tert-OH is 2. The molecule has 3 saturated carbocycles. The Kier molecular flexibility index (Phi) is 22.2. The molecule has 0 aromatic rings. The van der Waals surface area contributed by atoms with E-state index >= 15 is 0 Å². The van der Waals surface area contributed by atoms with Crippen LogP contribution in [0.4, 0.5) is 0 Å². The summed E-state index contributed by atoms with van der Waals surface area (Å²) in [5, 5.41) is 19.5. The van der Waals surface area contributed by atoms with Crippen LogP contribution in [-0.4, -0.2) is 85.3 Å². The molecule has 2 N–H and O–H groups in total. The van der Waals surface area contributed by atoms with E-state index in [0.29, 0.717) is 48.1 Å². The number of hydrogen-bond donors (Lipinski definition) is 2. The van der Waals surface area contributed by atoms with Crippen LogP contribution < -0.4 is 0 Å². The molecular weight excluding hydrogens is 763 g/mol. The monoisotopic (exact) mass is 857 g/mol. The van der Waals surface area contributed by atoms with Crippen molar-refractivity contribution in [3.8, 4) is 0 Å². The number of aliphatic hydroxyl groups is 2. The summed E-state index contributed by atoms with van der Waals surface area (Å²) in [5.74, 6) is 4.16. The van der Waals surface area contributed by atoms with Crippen LogP contribution in [0.15, 0.2) is 24.0 Å². The van der Waals surface area contributed by atoms with Crippen molar-refractivity contribution in [3.05, 3.63) is 24.0 Å². The van der Waals surface area contributed by atoms with Gasteiger partial charge in [0.15, 0.2) is 6.10 Å². The summed E-state index contributed by atoms with van der Waals surface area (Å²) >= 11 is 0. The summed E-state index contributed by atoms with van der Waals surface area (Å²) < 4.78 is 18.4. The van der Waals surface area contributed by atoms with E-state index in [0.717, 1.165) is 68.1 Å². The van der Waals surface area contributed by atoms with Gasteiger partial charge in [0, 0.05) is 19.3 Å². The minimum Gasteiger partial charge on any atom is -0.495 e. The normalized spacial score (nSPS) is 27.8. The molecule has 0 aliphatic heterocycles. The molecule has 352 valence electrons. The predicted octanol–water partition coefficient (Wildman–Crippen LogP) is 12.0. The molecule has 4 aliphatic carbocycles. The highest BCUT2D eigenvalue weighted by molar-refractivity contribution is 5.70. The third-order valence-corrected chi connectivity index (χ3v) is 16.4. The van der Waals surface area contributed by atoms with E-state index in [1.807, 2.05) is 7.05 Å². The Morgan fingerprint density at radius 3 is 2.15 bits per heavy atom. The fourth-order valence-corrected chi connectivity index (χ4v) is 12.6. The van der Waals surface area contributed by atoms with Gasteiger partial charge in [0.2, 0.25) is 0 Å². The lowest BCUT2D eigenvalue weighted by Crippen LogP contribution is -2.53. The second kappa shape index (κ2) is 26.2. The summed E-state index contributed by atoms with van der Waals surface area (Å²) in [6, 6.07) is 0. The van der Waals surface area contributed by atoms with E-state index in [1.165, 1.54) is 109 Å². The number of fused-ring (bicyclic) bond motifs is 5. The minimum absolute atomic E-state index is 0.0582. The molecule has 8 atom stereocenters. The van der Waals surface area contributed by atoms with Crippen LogP contribution in [0.2, 0.25) is 0 Å². The topological polar surface area (TPSA) is 102 Å². The van der Waals surface area contributed by atoms with Crippen LogP contribution in [-0.2, 0) is 23.8 Å². The van der Waals surface area contributed by atoms with E-state index in [2.05, 4.69) is 47.3 Å². The number of carbonyl (C=O) groups excluding carboxylic acids is 2. The van der Waals surface area contributed by atoms with Crippen molar-refractivity contribution in [1.29, 1.82) is 0 Å². The van der Waals surface area contributed by atoms with Gasteiger partial charge >= 0.3 is 11.9 Å². The SMILES string of the molecule is C=C(CCC(=O)OC[C@H](C[N+](C)(CCO)CCO)OC(=O)CCCCCCCCCCCCC)O[C@H]1CC[C@@]2(C)C(=CC[C@@H]3C2CC[C@]2(C)[C@@H](CCCCC(C)C)CC[C@@H]32)C1. The third-order valence-electron chi connectivity index (χ3n) is 16.4. The molecule has 0 amide bonds. The lowest BCUT2D eigenvalue weighted by Gasteiger charge is -2.58. The molecule has 4 aliphatic rings. The molecule has 8 heteroatoms. The highest BCUT2D eigenvalue weighted by atomic mass is 16.6. The van der Waals surface area contributed by atoms with Gasteiger partial charge in [-0.25, -0.2) is 0 Å². The zero-order valence-corrected chi connectivity index (χ0v) is 40.3. The second-order valence-electron chi connectivity index (χ2n) is 21.6. The first-order chi connectivity index (χ1) is 29.3. The van der Waals surface area contributed by atoms with Crippen LogP contribution in [0.1, 0.15) is 202 Å². The van der Waals surface area contributed by atoms with Gasteiger partial charge in [-0.1, -0.05) is 136 Å². The molecule has 3 fully saturated rings. The number of unbranched alkanes of at least 4 members (excludes halogenated alkanes) is 11. The van der Waals surface area contributed by atoms with Gasteiger partial charge < -0.3 is 28.9 Å². The first-order valence-electron chi connectivity index (χ1n) is 25.7. The number of quaternary nitrogens is 1. The lowest BCUT2D eigenvalue weighted by atomic mass is 9.47. The predicted molar refractivity (Wildman–Crippen MR) is 249 cm³/mol. The summed E-state index contributed by atoms with van der Waals surface area (Å²) in [4.78, 5) is 26.0. The Morgan fingerprint density at radius 1 is 0.820 bits per heavy atom. The van der Waals surface area contributed by atoms with E-state index in [9.17, 15) is 19.8 Å². The molecule has 4 rings (SSSR count). The van der Waals surface area contributed by atoms with E-state index in [-0.39, 0.29) is 49.7 Å². The summed E-state index contributed by atoms with van der Waals surface area (Å²) in [6.45, 7) is 17.4. The number of allylic oxidation sites excluding steroid dienone is 2. The van der Waals surface area contributed by atoms with Gasteiger partial charge in [0.1, 0.15) is 32.3 Å². The zero-order valence-electron chi connectivity index (χ0n) is 40.3. The van der Waals surface area contributed by atoms with Crippen molar-refractivity contribution in [1.82, 2.24) is 0 Å². The summed E-state index contributed by atoms with van der Waals surface area (Å²) in [7, 11) is 1.92. The Labute approximate surface area is 374 Å². The number of carbonyl (C=O) groups is 2. The van der Waals surface area contributed by atoms with Crippen LogP contribution in [0.25, 0.3) is 0 Å². The lowest BCUT2D eigenvalue weighted by molar-refractivity contribution is -0.912. The fourth-order valence-electron chi connectivity index (χ4n) is 12.6. The smallest absolute Gasteiger partial charge is 0.306 e. The Morgan fingerprint density at radius 2 is 1.49 bits per heavy atom. The molecule has 0 aromatic carbocycles. The van der Waals surface area contributed by atoms with Crippen molar-refractivity contribution in [2.24, 2.45) is 40.4 Å². The van der Waals surface area contributed by atoms with Crippen LogP contribution >= 0.6 is 0 Å². The summed E-state index contributed by atoms with van der Waals surface area (Å²) in [5.41, 5.74) is 2.39. The molecule has 0 aromatic heterocycles. The number of rotatable bonds is 31. The van der Waals surface area contributed by atoms with Gasteiger partial charge in [-0.15, -0.1) is 0 Å². The molecular formula is C53H94NO7+. The highest BCUT2D eigenvalue weighted by Gasteiger charge is 2.58. The van der Waals surface area contributed by atoms with E-state index in [4.69, 9.17) is 14.2 Å². The Balaban J connectivity index is 1.19. The largest absolute Gasteiger partial charge is 0.495 e. The second-order valence-corrected chi connectivity index (χ2v) is 21.6. The fraction of sp³-hybridized carbons (Fsp3) is 0.887. The standard InChI is InChI=1S/C53H94NO7/c1-8-9-10-11-12-13-14-15-16-17-18-23-51(58)61-46(39-54(7,34-36-55)35-37-56)40-59-50(57)29-24-42(4)60-45-30-32-53(6)44(38-45)25-27-47-48-28-26-43(22-20-19-21-41(2)3)52(48,5)33-31-49(47)53/h25,41,43,45-49,55-56H,4,8-24,26-40H2,1-3,5-7H3/q+1/t43-,45-,46-,47-,48-,49?,52+,53-/m0/s1. The maximum Gasteiger partial charge on any atom is 0.306 e. The maximum atomic E-state index is 13.1. The molecule has 8 nitrogen and oxygen atoms in total. The molecule has 0 spiro atoms. The average Bonchev–Trinajstić information content (AvgIpc) is 3.55. The Hall–Kier alpha value is -1.90. The van der Waals surface area contributed by atoms with Gasteiger partial charge in [0.05, 0.1) is 32.4 Å². The number of ether oxygens (including phenoxy) is 3. The van der Waals surface area contributed by atoms with Gasteiger partial charge in [-0.05, 0) is 98.2 Å². The van der Waals surface area contributed by atoms with Gasteiger partial charge in [0.25, 0.3) is 0 Å². The van der Waals surface area contributed by atoms with Gasteiger partial charge in [-0.2, -0.15) is 0 Å². The zero-order chi connectivity index (χ0) is 44.3. The van der Waals surface area contributed by atoms with Crippen LogP contribution in [0.3, 0.4) is 0 Å². The van der Waals surface area contributed by atoms with Crippen LogP contribution in [0.5, 0.6) is 0 Å². The Bertz CT molecular complexity index is 1340. The minimum atomic E-state index is -0.667. The number of nitrogens with zero attached hydrogens (tertiary/aromatic N) is 1. The molecule has 0 saturated heterocycles. The van der Waals surface area contributed by atoms with Crippen molar-refractivity contribution in [3.63, 3.8) is 0 Å². The number of esters is 2. The van der Waals surface area contributed by atoms with Gasteiger partial charge in [-0.3, -0.25) is 9.59 Å². The van der Waals surface area contributed by atoms with E-state index < -0.39 is 6.10 Å². The highest BCUT2D eigenvalue weighted by Crippen LogP contribution is 2.67. The summed E-state index contributed by atoms with van der Waals surface area (Å²) in [6.07, 6.45) is 31.8. The molecule has 1 unspecified atom stereocenters. The molecule has 0 heterocycles. The molecule has 0 radical (unpaired) electrons. The first kappa shape index (κ1) is 51.7. The third kappa shape index (κ3) is 15.9. The quantitative estimate of drug-likeness (QED) is 0.0235. The average molecular weight is 857 g/mol. The van der Waals surface area contributed by atoms with Crippen molar-refractivity contribution >= 4 is 11.9 Å². The number of likely N-dealkylation sites (N-methyl/N-ethyl adjacent to an activating group) is 1. The van der Waals surface area contributed by atoms with Crippen molar-refractivity contribution in [2.45, 2.75) is 214 Å². The maximum absolute atomic E-state index is 13.1. The molecule has 61 heavy (non-hydrogen) atoms. The van der Waals surface area contributed by atoms with E-state index in [1.54, 1.807) is 5.57 Å². The first-order valence-corrected chi connectivity index (χ1v) is 25.7. The van der Waals surface area contributed by atoms with Crippen LogP contribution in [0, 0.1) is 40.4 Å². The number of hydrogen-bond acceptors (Lipinski definition) is 7. The van der Waals surface area contributed by atoms with Crippen molar-refractivity contribution < 1.29 is 38.5 Å². The van der Waals surface area contributed by atoms with Crippen molar-refractivity contribution in [2.75, 3.05) is 46.5 Å². The molecule has 0 bridgehead atoms.